The second-order valence-electron chi connectivity index (χ2n) is 5.87. The van der Waals surface area contributed by atoms with E-state index >= 15 is 0 Å². The van der Waals surface area contributed by atoms with Crippen molar-refractivity contribution in [1.29, 1.82) is 0 Å². The van der Waals surface area contributed by atoms with Gasteiger partial charge in [-0.3, -0.25) is 0 Å². The van der Waals surface area contributed by atoms with Gasteiger partial charge in [0.1, 0.15) is 11.6 Å². The second-order valence-corrected chi connectivity index (χ2v) is 7.64. The van der Waals surface area contributed by atoms with Gasteiger partial charge in [-0.1, -0.05) is 12.1 Å². The topological polar surface area (TPSA) is 62.3 Å². The summed E-state index contributed by atoms with van der Waals surface area (Å²) < 4.78 is 38.5. The summed E-state index contributed by atoms with van der Waals surface area (Å²) >= 11 is 0. The summed E-state index contributed by atoms with van der Waals surface area (Å²) in [5.74, 6) is 0.401. The molecule has 0 saturated heterocycles. The van der Waals surface area contributed by atoms with E-state index < -0.39 is 10.0 Å². The van der Waals surface area contributed by atoms with Crippen molar-refractivity contribution in [2.45, 2.75) is 19.9 Å². The summed E-state index contributed by atoms with van der Waals surface area (Å²) in [5.41, 5.74) is 2.21. The molecule has 0 aliphatic rings. The number of hydrogen-bond donors (Lipinski definition) is 1. The molecule has 134 valence electrons. The number of sulfonamides is 1. The molecule has 0 spiro atoms. The largest absolute Gasteiger partial charge is 0.357 e. The molecule has 1 aromatic carbocycles. The lowest BCUT2D eigenvalue weighted by Crippen LogP contribution is -2.27. The van der Waals surface area contributed by atoms with Gasteiger partial charge in [0, 0.05) is 24.1 Å². The molecule has 0 amide bonds. The van der Waals surface area contributed by atoms with Crippen LogP contribution < -0.4 is 9.62 Å². The Kier molecular flexibility index (Phi) is 5.92. The third-order valence-electron chi connectivity index (χ3n) is 3.86. The highest BCUT2D eigenvalue weighted by Crippen LogP contribution is 2.30. The van der Waals surface area contributed by atoms with Crippen molar-refractivity contribution in [3.05, 3.63) is 53.3 Å². The highest BCUT2D eigenvalue weighted by molar-refractivity contribution is 7.92. The number of anilines is 1. The first-order valence-corrected chi connectivity index (χ1v) is 9.39. The van der Waals surface area contributed by atoms with Crippen LogP contribution in [0.3, 0.4) is 0 Å². The molecule has 1 heterocycles. The molecule has 0 unspecified atom stereocenters. The Morgan fingerprint density at radius 1 is 1.16 bits per heavy atom. The van der Waals surface area contributed by atoms with Crippen LogP contribution in [0.5, 0.6) is 0 Å². The number of halogens is 1. The van der Waals surface area contributed by atoms with Gasteiger partial charge in [-0.15, -0.1) is 0 Å². The number of rotatable bonds is 6. The molecule has 5 nitrogen and oxygen atoms in total. The van der Waals surface area contributed by atoms with Crippen molar-refractivity contribution in [1.82, 2.24) is 9.71 Å². The summed E-state index contributed by atoms with van der Waals surface area (Å²) in [4.78, 5) is 6.57. The summed E-state index contributed by atoms with van der Waals surface area (Å²) in [7, 11) is -0.196. The van der Waals surface area contributed by atoms with Crippen LogP contribution >= 0.6 is 0 Å². The number of benzene rings is 1. The SMILES string of the molecule is CNS(=O)(=O)/C=C/c1ccc(-c2ccc(F)cc2)c(N(C)C(C)C)n1. The average molecular weight is 363 g/mol. The molecule has 0 fully saturated rings. The van der Waals surface area contributed by atoms with Crippen molar-refractivity contribution in [3.8, 4) is 11.1 Å². The number of hydrogen-bond acceptors (Lipinski definition) is 4. The predicted molar refractivity (Wildman–Crippen MR) is 100 cm³/mol. The Morgan fingerprint density at radius 2 is 1.80 bits per heavy atom. The molecule has 0 saturated carbocycles. The van der Waals surface area contributed by atoms with Gasteiger partial charge in [-0.25, -0.2) is 22.5 Å². The van der Waals surface area contributed by atoms with Crippen LogP contribution in [0.2, 0.25) is 0 Å². The van der Waals surface area contributed by atoms with Crippen LogP contribution in [0, 0.1) is 5.82 Å². The van der Waals surface area contributed by atoms with E-state index in [0.29, 0.717) is 11.5 Å². The Balaban J connectivity index is 2.52. The number of nitrogens with one attached hydrogen (secondary N) is 1. The van der Waals surface area contributed by atoms with Gasteiger partial charge in [-0.2, -0.15) is 0 Å². The van der Waals surface area contributed by atoms with Gasteiger partial charge in [0.2, 0.25) is 10.0 Å². The molecule has 0 aliphatic carbocycles. The van der Waals surface area contributed by atoms with Crippen LogP contribution in [0.4, 0.5) is 10.2 Å². The van der Waals surface area contributed by atoms with Crippen molar-refractivity contribution in [3.63, 3.8) is 0 Å². The maximum atomic E-state index is 13.2. The first-order chi connectivity index (χ1) is 11.7. The predicted octanol–water partition coefficient (Wildman–Crippen LogP) is 3.25. The van der Waals surface area contributed by atoms with Gasteiger partial charge in [0.25, 0.3) is 0 Å². The van der Waals surface area contributed by atoms with E-state index in [9.17, 15) is 12.8 Å². The fourth-order valence-corrected chi connectivity index (χ4v) is 2.61. The van der Waals surface area contributed by atoms with Crippen molar-refractivity contribution < 1.29 is 12.8 Å². The third-order valence-corrected chi connectivity index (χ3v) is 4.93. The molecule has 1 N–H and O–H groups in total. The monoisotopic (exact) mass is 363 g/mol. The van der Waals surface area contributed by atoms with E-state index in [4.69, 9.17) is 0 Å². The van der Waals surface area contributed by atoms with Crippen LogP contribution in [-0.4, -0.2) is 33.5 Å². The lowest BCUT2D eigenvalue weighted by molar-refractivity contribution is 0.597. The van der Waals surface area contributed by atoms with Crippen LogP contribution in [0.1, 0.15) is 19.5 Å². The number of nitrogens with zero attached hydrogens (tertiary/aromatic N) is 2. The molecule has 0 radical (unpaired) electrons. The molecule has 1 aromatic heterocycles. The summed E-state index contributed by atoms with van der Waals surface area (Å²) in [6.45, 7) is 4.06. The van der Waals surface area contributed by atoms with Gasteiger partial charge in [0.05, 0.1) is 5.69 Å². The molecule has 0 atom stereocenters. The standard InChI is InChI=1S/C18H22FN3O2S/c1-13(2)22(4)18-17(14-5-7-15(19)8-6-14)10-9-16(21-18)11-12-25(23,24)20-3/h5-13,20H,1-4H3/b12-11+. The zero-order valence-corrected chi connectivity index (χ0v) is 15.5. The summed E-state index contributed by atoms with van der Waals surface area (Å²) in [5, 5.41) is 1.08. The second kappa shape index (κ2) is 7.76. The van der Waals surface area contributed by atoms with Gasteiger partial charge < -0.3 is 4.90 Å². The van der Waals surface area contributed by atoms with Gasteiger partial charge in [0.15, 0.2) is 0 Å². The molecule has 0 aliphatic heterocycles. The first kappa shape index (κ1) is 19.1. The first-order valence-electron chi connectivity index (χ1n) is 7.85. The average Bonchev–Trinajstić information content (AvgIpc) is 2.60. The van der Waals surface area contributed by atoms with Gasteiger partial charge in [-0.05, 0) is 56.8 Å². The van der Waals surface area contributed by atoms with E-state index in [2.05, 4.69) is 9.71 Å². The Hall–Kier alpha value is -2.25. The van der Waals surface area contributed by atoms with Crippen molar-refractivity contribution >= 4 is 21.9 Å². The van der Waals surface area contributed by atoms with Crippen LogP contribution in [-0.2, 0) is 10.0 Å². The summed E-state index contributed by atoms with van der Waals surface area (Å²) in [6, 6.07) is 9.99. The molecular formula is C18H22FN3O2S. The molecule has 25 heavy (non-hydrogen) atoms. The maximum absolute atomic E-state index is 13.2. The van der Waals surface area contributed by atoms with E-state index in [0.717, 1.165) is 16.5 Å². The molecule has 2 aromatic rings. The minimum Gasteiger partial charge on any atom is -0.357 e. The van der Waals surface area contributed by atoms with E-state index in [1.165, 1.54) is 25.3 Å². The minimum atomic E-state index is -3.46. The zero-order valence-electron chi connectivity index (χ0n) is 14.7. The maximum Gasteiger partial charge on any atom is 0.233 e. The Labute approximate surface area is 148 Å². The highest BCUT2D eigenvalue weighted by Gasteiger charge is 2.14. The fraction of sp³-hybridized carbons (Fsp3) is 0.278. The number of aromatic nitrogens is 1. The molecule has 2 rings (SSSR count). The van der Waals surface area contributed by atoms with Gasteiger partial charge >= 0.3 is 0 Å². The van der Waals surface area contributed by atoms with Crippen molar-refractivity contribution in [2.24, 2.45) is 0 Å². The fourth-order valence-electron chi connectivity index (χ4n) is 2.15. The van der Waals surface area contributed by atoms with Crippen LogP contribution in [0.25, 0.3) is 17.2 Å². The smallest absolute Gasteiger partial charge is 0.233 e. The van der Waals surface area contributed by atoms with E-state index in [1.807, 2.05) is 31.9 Å². The Bertz CT molecular complexity index is 862. The molecule has 0 bridgehead atoms. The normalized spacial score (nSPS) is 12.1. The van der Waals surface area contributed by atoms with Crippen LogP contribution in [0.15, 0.2) is 41.8 Å². The summed E-state index contributed by atoms with van der Waals surface area (Å²) in [6.07, 6.45) is 1.44. The molecular weight excluding hydrogens is 341 g/mol. The lowest BCUT2D eigenvalue weighted by atomic mass is 10.0. The Morgan fingerprint density at radius 3 is 2.36 bits per heavy atom. The van der Waals surface area contributed by atoms with E-state index in [-0.39, 0.29) is 11.9 Å². The number of pyridine rings is 1. The quantitative estimate of drug-likeness (QED) is 0.856. The highest BCUT2D eigenvalue weighted by atomic mass is 32.2. The third kappa shape index (κ3) is 4.87. The minimum absolute atomic E-state index is 0.187. The zero-order chi connectivity index (χ0) is 18.6. The molecule has 7 heteroatoms. The lowest BCUT2D eigenvalue weighted by Gasteiger charge is -2.25. The van der Waals surface area contributed by atoms with E-state index in [1.54, 1.807) is 18.2 Å². The van der Waals surface area contributed by atoms with Crippen molar-refractivity contribution in [2.75, 3.05) is 19.0 Å².